The lowest BCUT2D eigenvalue weighted by Crippen LogP contribution is -2.52. The molecule has 2 aromatic rings. The van der Waals surface area contributed by atoms with Gasteiger partial charge in [-0.1, -0.05) is 12.1 Å². The lowest BCUT2D eigenvalue weighted by Gasteiger charge is -2.36. The number of hydrogen-bond acceptors (Lipinski definition) is 9. The molecule has 200 valence electrons. The van der Waals surface area contributed by atoms with Gasteiger partial charge in [-0.3, -0.25) is 9.59 Å². The molecule has 0 radical (unpaired) electrons. The third-order valence-corrected chi connectivity index (χ3v) is 5.82. The summed E-state index contributed by atoms with van der Waals surface area (Å²) in [6.45, 7) is 9.34. The van der Waals surface area contributed by atoms with Gasteiger partial charge in [0.1, 0.15) is 17.0 Å². The second-order valence-corrected chi connectivity index (χ2v) is 10.1. The Balaban J connectivity index is 1.83. The van der Waals surface area contributed by atoms with Crippen LogP contribution in [0.15, 0.2) is 30.5 Å². The van der Waals surface area contributed by atoms with Gasteiger partial charge in [0.2, 0.25) is 5.95 Å². The number of rotatable bonds is 8. The number of nitrogens with one attached hydrogen (secondary N) is 3. The lowest BCUT2D eigenvalue weighted by molar-refractivity contribution is -0.149. The average Bonchev–Trinajstić information content (AvgIpc) is 2.79. The highest BCUT2D eigenvalue weighted by Gasteiger charge is 2.37. The summed E-state index contributed by atoms with van der Waals surface area (Å²) in [5.74, 6) is -0.803. The Morgan fingerprint density at radius 2 is 1.92 bits per heavy atom. The summed E-state index contributed by atoms with van der Waals surface area (Å²) >= 11 is 0. The zero-order valence-corrected chi connectivity index (χ0v) is 22.0. The number of hydrogen-bond donors (Lipinski definition) is 4. The SMILES string of the molecule is CCOC(=O)[C@@H]1CC[C@@H](Nc2ncc(C(N)=O)c(Nc3cccc(C)c3)n2)[C@@H](NC(=O)OC(C)(C)C)C1. The number of anilines is 3. The van der Waals surface area contributed by atoms with Crippen molar-refractivity contribution < 1.29 is 23.9 Å². The van der Waals surface area contributed by atoms with Gasteiger partial charge in [0, 0.05) is 17.9 Å². The Morgan fingerprint density at radius 3 is 2.57 bits per heavy atom. The Bertz CT molecular complexity index is 1130. The molecule has 1 saturated carbocycles. The van der Waals surface area contributed by atoms with Gasteiger partial charge in [-0.2, -0.15) is 4.98 Å². The first kappa shape index (κ1) is 27.7. The number of carbonyl (C=O) groups is 3. The van der Waals surface area contributed by atoms with E-state index in [0.717, 1.165) is 11.3 Å². The van der Waals surface area contributed by atoms with E-state index in [0.29, 0.717) is 19.3 Å². The highest BCUT2D eigenvalue weighted by molar-refractivity contribution is 5.98. The summed E-state index contributed by atoms with van der Waals surface area (Å²) in [7, 11) is 0. The number of aromatic nitrogens is 2. The highest BCUT2D eigenvalue weighted by Crippen LogP contribution is 2.29. The van der Waals surface area contributed by atoms with Crippen LogP contribution in [0.5, 0.6) is 0 Å². The van der Waals surface area contributed by atoms with Gasteiger partial charge >= 0.3 is 12.1 Å². The molecular weight excluding hydrogens is 476 g/mol. The zero-order chi connectivity index (χ0) is 27.2. The lowest BCUT2D eigenvalue weighted by atomic mass is 9.82. The van der Waals surface area contributed by atoms with Crippen LogP contribution < -0.4 is 21.7 Å². The van der Waals surface area contributed by atoms with Gasteiger partial charge in [0.05, 0.1) is 18.6 Å². The van der Waals surface area contributed by atoms with Gasteiger partial charge in [0.15, 0.2) is 0 Å². The molecule has 1 aromatic carbocycles. The van der Waals surface area contributed by atoms with Crippen LogP contribution in [0.25, 0.3) is 0 Å². The van der Waals surface area contributed by atoms with Crippen molar-refractivity contribution in [1.29, 1.82) is 0 Å². The molecule has 1 aliphatic carbocycles. The Labute approximate surface area is 216 Å². The second-order valence-electron chi connectivity index (χ2n) is 10.1. The summed E-state index contributed by atoms with van der Waals surface area (Å²) in [4.78, 5) is 45.7. The first-order valence-corrected chi connectivity index (χ1v) is 12.4. The molecule has 37 heavy (non-hydrogen) atoms. The molecule has 0 saturated heterocycles. The van der Waals surface area contributed by atoms with Gasteiger partial charge < -0.3 is 31.2 Å². The standard InChI is InChI=1S/C26H36N6O5/c1-6-36-23(34)16-10-11-19(20(13-16)31-25(35)37-26(3,4)5)30-24-28-14-18(21(27)33)22(32-24)29-17-9-7-8-15(2)12-17/h7-9,12,14,16,19-20H,6,10-11,13H2,1-5H3,(H2,27,33)(H,31,35)(H2,28,29,30,32)/t16-,19-,20+/m1/s1. The van der Waals surface area contributed by atoms with Gasteiger partial charge in [-0.05, 0) is 71.6 Å². The van der Waals surface area contributed by atoms with Crippen molar-refractivity contribution in [3.05, 3.63) is 41.6 Å². The van der Waals surface area contributed by atoms with Crippen molar-refractivity contribution in [2.24, 2.45) is 11.7 Å². The predicted octanol–water partition coefficient (Wildman–Crippen LogP) is 3.66. The summed E-state index contributed by atoms with van der Waals surface area (Å²) in [5.41, 5.74) is 6.79. The fraction of sp³-hybridized carbons (Fsp3) is 0.500. The topological polar surface area (TPSA) is 158 Å². The van der Waals surface area contributed by atoms with E-state index in [1.54, 1.807) is 27.7 Å². The van der Waals surface area contributed by atoms with Gasteiger partial charge in [-0.25, -0.2) is 9.78 Å². The Morgan fingerprint density at radius 1 is 1.16 bits per heavy atom. The molecule has 1 aromatic heterocycles. The van der Waals surface area contributed by atoms with Gasteiger partial charge in [0.25, 0.3) is 5.91 Å². The maximum absolute atomic E-state index is 12.6. The van der Waals surface area contributed by atoms with Crippen LogP contribution in [0.4, 0.5) is 22.2 Å². The monoisotopic (exact) mass is 512 g/mol. The van der Waals surface area contributed by atoms with Crippen molar-refractivity contribution in [2.45, 2.75) is 71.6 Å². The van der Waals surface area contributed by atoms with Crippen molar-refractivity contribution >= 4 is 35.4 Å². The molecule has 0 aliphatic heterocycles. The van der Waals surface area contributed by atoms with Crippen LogP contribution in [-0.2, 0) is 14.3 Å². The van der Waals surface area contributed by atoms with Crippen molar-refractivity contribution in [2.75, 3.05) is 17.2 Å². The summed E-state index contributed by atoms with van der Waals surface area (Å²) in [6.07, 6.45) is 2.25. The quantitative estimate of drug-likeness (QED) is 0.387. The first-order chi connectivity index (χ1) is 17.4. The third-order valence-electron chi connectivity index (χ3n) is 5.82. The molecule has 0 unspecified atom stereocenters. The summed E-state index contributed by atoms with van der Waals surface area (Å²) in [6, 6.07) is 6.85. The number of carbonyl (C=O) groups excluding carboxylic acids is 3. The van der Waals surface area contributed by atoms with Crippen molar-refractivity contribution in [3.63, 3.8) is 0 Å². The van der Waals surface area contributed by atoms with E-state index in [2.05, 4.69) is 25.9 Å². The van der Waals surface area contributed by atoms with Crippen molar-refractivity contribution in [1.82, 2.24) is 15.3 Å². The summed E-state index contributed by atoms with van der Waals surface area (Å²) < 4.78 is 10.6. The number of nitrogens with two attached hydrogens (primary N) is 1. The fourth-order valence-corrected chi connectivity index (χ4v) is 4.19. The molecule has 0 spiro atoms. The average molecular weight is 513 g/mol. The molecule has 1 aliphatic rings. The number of ether oxygens (including phenoxy) is 2. The van der Waals surface area contributed by atoms with E-state index in [-0.39, 0.29) is 41.9 Å². The van der Waals surface area contributed by atoms with Crippen LogP contribution in [0.1, 0.15) is 62.9 Å². The molecule has 1 heterocycles. The Hall–Kier alpha value is -3.89. The smallest absolute Gasteiger partial charge is 0.407 e. The number of esters is 1. The van der Waals surface area contributed by atoms with Crippen LogP contribution in [-0.4, -0.2) is 52.2 Å². The Kier molecular flexibility index (Phi) is 8.90. The number of amides is 2. The van der Waals surface area contributed by atoms with Crippen LogP contribution in [0.3, 0.4) is 0 Å². The van der Waals surface area contributed by atoms with Crippen LogP contribution in [0.2, 0.25) is 0 Å². The minimum absolute atomic E-state index is 0.140. The predicted molar refractivity (Wildman–Crippen MR) is 140 cm³/mol. The maximum atomic E-state index is 12.6. The minimum Gasteiger partial charge on any atom is -0.466 e. The fourth-order valence-electron chi connectivity index (χ4n) is 4.19. The maximum Gasteiger partial charge on any atom is 0.407 e. The van der Waals surface area contributed by atoms with Crippen LogP contribution in [0, 0.1) is 12.8 Å². The molecule has 5 N–H and O–H groups in total. The molecule has 3 rings (SSSR count). The molecular formula is C26H36N6O5. The number of alkyl carbamates (subject to hydrolysis) is 1. The molecule has 0 bridgehead atoms. The zero-order valence-electron chi connectivity index (χ0n) is 22.0. The number of primary amides is 1. The largest absolute Gasteiger partial charge is 0.466 e. The van der Waals surface area contributed by atoms with E-state index >= 15 is 0 Å². The molecule has 11 heteroatoms. The molecule has 2 amide bonds. The third kappa shape index (κ3) is 8.06. The molecule has 1 fully saturated rings. The van der Waals surface area contributed by atoms with Gasteiger partial charge in [-0.15, -0.1) is 0 Å². The van der Waals surface area contributed by atoms with Crippen molar-refractivity contribution in [3.8, 4) is 0 Å². The first-order valence-electron chi connectivity index (χ1n) is 12.4. The summed E-state index contributed by atoms with van der Waals surface area (Å²) in [5, 5.41) is 9.28. The number of benzene rings is 1. The number of nitrogens with zero attached hydrogens (tertiary/aromatic N) is 2. The van der Waals surface area contributed by atoms with E-state index in [4.69, 9.17) is 15.2 Å². The van der Waals surface area contributed by atoms with Crippen LogP contribution >= 0.6 is 0 Å². The number of aryl methyl sites for hydroxylation is 1. The normalized spacial score (nSPS) is 19.4. The molecule has 3 atom stereocenters. The second kappa shape index (κ2) is 11.9. The highest BCUT2D eigenvalue weighted by atomic mass is 16.6. The van der Waals surface area contributed by atoms with E-state index in [1.165, 1.54) is 6.20 Å². The molecule has 11 nitrogen and oxygen atoms in total. The minimum atomic E-state index is -0.674. The van der Waals surface area contributed by atoms with E-state index < -0.39 is 23.6 Å². The van der Waals surface area contributed by atoms with E-state index in [1.807, 2.05) is 31.2 Å². The van der Waals surface area contributed by atoms with E-state index in [9.17, 15) is 14.4 Å².